The second kappa shape index (κ2) is 7.62. The molecule has 4 rings (SSSR count). The lowest BCUT2D eigenvalue weighted by atomic mass is 9.53. The van der Waals surface area contributed by atoms with E-state index >= 15 is 0 Å². The Morgan fingerprint density at radius 3 is 2.50 bits per heavy atom. The van der Waals surface area contributed by atoms with E-state index in [1.165, 1.54) is 16.7 Å². The van der Waals surface area contributed by atoms with Crippen molar-refractivity contribution in [1.82, 2.24) is 0 Å². The van der Waals surface area contributed by atoms with Crippen molar-refractivity contribution in [2.24, 2.45) is 40.4 Å². The zero-order valence-electron chi connectivity index (χ0n) is 19.7. The number of hydrogen-bond donors (Lipinski definition) is 1. The van der Waals surface area contributed by atoms with Gasteiger partial charge in [-0.1, -0.05) is 65.8 Å². The minimum atomic E-state index is -0.333. The third-order valence-corrected chi connectivity index (χ3v) is 9.37. The Hall–Kier alpha value is -1.41. The van der Waals surface area contributed by atoms with Crippen molar-refractivity contribution in [2.45, 2.75) is 79.8 Å². The zero-order chi connectivity index (χ0) is 21.8. The van der Waals surface area contributed by atoms with Crippen LogP contribution in [0, 0.1) is 40.4 Å². The highest BCUT2D eigenvalue weighted by atomic mass is 16.3. The van der Waals surface area contributed by atoms with Crippen LogP contribution in [0.3, 0.4) is 0 Å². The lowest BCUT2D eigenvalue weighted by Gasteiger charge is -2.51. The van der Waals surface area contributed by atoms with Crippen molar-refractivity contribution in [1.29, 1.82) is 0 Å². The van der Waals surface area contributed by atoms with Crippen LogP contribution >= 0.6 is 0 Å². The molecule has 7 atom stereocenters. The van der Waals surface area contributed by atoms with Crippen LogP contribution in [0.4, 0.5) is 0 Å². The van der Waals surface area contributed by atoms with E-state index in [1.807, 2.05) is 6.08 Å². The Balaban J connectivity index is 1.70. The summed E-state index contributed by atoms with van der Waals surface area (Å²) in [6.45, 7) is 14.0. The molecule has 0 aliphatic heterocycles. The van der Waals surface area contributed by atoms with Gasteiger partial charge in [0.2, 0.25) is 0 Å². The molecule has 0 aromatic heterocycles. The van der Waals surface area contributed by atoms with Gasteiger partial charge in [0.05, 0.1) is 6.10 Å². The van der Waals surface area contributed by atoms with Gasteiger partial charge in [0, 0.05) is 6.42 Å². The quantitative estimate of drug-likeness (QED) is 0.544. The molecule has 0 radical (unpaired) electrons. The normalized spacial score (nSPS) is 40.3. The van der Waals surface area contributed by atoms with E-state index in [4.69, 9.17) is 0 Å². The fourth-order valence-electron chi connectivity index (χ4n) is 6.93. The van der Waals surface area contributed by atoms with Crippen LogP contribution < -0.4 is 0 Å². The predicted molar refractivity (Wildman–Crippen MR) is 124 cm³/mol. The van der Waals surface area contributed by atoms with Crippen LogP contribution in [0.15, 0.2) is 47.1 Å². The molecule has 0 aromatic carbocycles. The molecule has 2 nitrogen and oxygen atoms in total. The van der Waals surface area contributed by atoms with E-state index < -0.39 is 0 Å². The number of rotatable bonds is 4. The molecule has 164 valence electrons. The first kappa shape index (κ1) is 21.8. The van der Waals surface area contributed by atoms with Crippen molar-refractivity contribution in [3.63, 3.8) is 0 Å². The van der Waals surface area contributed by atoms with Crippen molar-refractivity contribution < 1.29 is 9.90 Å². The molecule has 0 aromatic rings. The molecule has 30 heavy (non-hydrogen) atoms. The summed E-state index contributed by atoms with van der Waals surface area (Å²) in [4.78, 5) is 12.0. The second-order valence-electron chi connectivity index (χ2n) is 11.4. The summed E-state index contributed by atoms with van der Waals surface area (Å²) in [5.41, 5.74) is 4.03. The van der Waals surface area contributed by atoms with E-state index in [0.29, 0.717) is 36.0 Å². The first-order valence-corrected chi connectivity index (χ1v) is 12.1. The molecule has 1 fully saturated rings. The van der Waals surface area contributed by atoms with Crippen LogP contribution in [0.1, 0.15) is 73.6 Å². The van der Waals surface area contributed by atoms with Gasteiger partial charge in [-0.2, -0.15) is 0 Å². The largest absolute Gasteiger partial charge is 0.389 e. The molecule has 4 aliphatic rings. The van der Waals surface area contributed by atoms with Crippen LogP contribution in [0.25, 0.3) is 0 Å². The average Bonchev–Trinajstić information content (AvgIpc) is 2.97. The topological polar surface area (TPSA) is 37.3 Å². The van der Waals surface area contributed by atoms with E-state index in [0.717, 1.165) is 25.7 Å². The molecule has 1 N–H and O–H groups in total. The number of aliphatic hydroxyl groups excluding tert-OH is 1. The summed E-state index contributed by atoms with van der Waals surface area (Å²) >= 11 is 0. The smallest absolute Gasteiger partial charge is 0.156 e. The van der Waals surface area contributed by atoms with E-state index in [2.05, 4.69) is 65.8 Å². The van der Waals surface area contributed by atoms with Crippen molar-refractivity contribution in [2.75, 3.05) is 0 Å². The van der Waals surface area contributed by atoms with Gasteiger partial charge in [-0.15, -0.1) is 0 Å². The van der Waals surface area contributed by atoms with Crippen LogP contribution in [-0.4, -0.2) is 17.0 Å². The summed E-state index contributed by atoms with van der Waals surface area (Å²) in [7, 11) is 0. The first-order valence-electron chi connectivity index (χ1n) is 12.1. The standard InChI is InChI=1S/C28H40O2/c1-17(2)18(3)7-8-19(4)24-16-25(30)26-22-10-9-20-15-21(29)11-13-27(20,5)23(22)12-14-28(24,26)6/h7-10,15,17-19,23-25,30H,11-14,16H2,1-6H3/t18-,19+,23-,24+,25?,27-,28+/m0/s1. The summed E-state index contributed by atoms with van der Waals surface area (Å²) in [6, 6.07) is 0. The van der Waals surface area contributed by atoms with Crippen molar-refractivity contribution in [3.8, 4) is 0 Å². The Morgan fingerprint density at radius 2 is 1.80 bits per heavy atom. The number of carbonyl (C=O) groups excluding carboxylic acids is 1. The molecule has 2 heteroatoms. The van der Waals surface area contributed by atoms with Gasteiger partial charge < -0.3 is 5.11 Å². The highest BCUT2D eigenvalue weighted by molar-refractivity contribution is 5.92. The molecule has 1 saturated carbocycles. The Bertz CT molecular complexity index is 841. The number of fused-ring (bicyclic) bond motifs is 4. The number of ketones is 1. The molecule has 0 heterocycles. The second-order valence-corrected chi connectivity index (χ2v) is 11.4. The summed E-state index contributed by atoms with van der Waals surface area (Å²) in [5, 5.41) is 11.3. The third-order valence-electron chi connectivity index (χ3n) is 9.37. The van der Waals surface area contributed by atoms with Crippen LogP contribution in [-0.2, 0) is 4.79 Å². The lowest BCUT2D eigenvalue weighted by molar-refractivity contribution is -0.116. The molecular weight excluding hydrogens is 368 g/mol. The summed E-state index contributed by atoms with van der Waals surface area (Å²) in [5.74, 6) is 2.89. The number of carbonyl (C=O) groups is 1. The monoisotopic (exact) mass is 408 g/mol. The molecule has 0 saturated heterocycles. The average molecular weight is 409 g/mol. The maximum absolute atomic E-state index is 12.0. The first-order chi connectivity index (χ1) is 14.1. The Labute approximate surface area is 183 Å². The molecule has 0 amide bonds. The maximum Gasteiger partial charge on any atom is 0.156 e. The van der Waals surface area contributed by atoms with E-state index in [9.17, 15) is 9.90 Å². The predicted octanol–water partition coefficient (Wildman–Crippen LogP) is 6.43. The molecule has 0 spiro atoms. The van der Waals surface area contributed by atoms with E-state index in [-0.39, 0.29) is 22.7 Å². The van der Waals surface area contributed by atoms with Crippen LogP contribution in [0.2, 0.25) is 0 Å². The summed E-state index contributed by atoms with van der Waals surface area (Å²) in [6.07, 6.45) is 15.5. The highest BCUT2D eigenvalue weighted by Gasteiger charge is 2.55. The van der Waals surface area contributed by atoms with Gasteiger partial charge >= 0.3 is 0 Å². The fraction of sp³-hybridized carbons (Fsp3) is 0.679. The molecule has 1 unspecified atom stereocenters. The minimum Gasteiger partial charge on any atom is -0.389 e. The lowest BCUT2D eigenvalue weighted by Crippen LogP contribution is -2.42. The molecule has 0 bridgehead atoms. The maximum atomic E-state index is 12.0. The van der Waals surface area contributed by atoms with Crippen LogP contribution in [0.5, 0.6) is 0 Å². The molecule has 4 aliphatic carbocycles. The van der Waals surface area contributed by atoms with Crippen molar-refractivity contribution in [3.05, 3.63) is 47.1 Å². The van der Waals surface area contributed by atoms with Gasteiger partial charge in [-0.3, -0.25) is 4.79 Å². The van der Waals surface area contributed by atoms with Gasteiger partial charge in [0.15, 0.2) is 5.78 Å². The summed E-state index contributed by atoms with van der Waals surface area (Å²) < 4.78 is 0. The zero-order valence-corrected chi connectivity index (χ0v) is 19.7. The van der Waals surface area contributed by atoms with Gasteiger partial charge in [0.25, 0.3) is 0 Å². The Morgan fingerprint density at radius 1 is 1.07 bits per heavy atom. The van der Waals surface area contributed by atoms with Gasteiger partial charge in [0.1, 0.15) is 0 Å². The highest BCUT2D eigenvalue weighted by Crippen LogP contribution is 2.63. The van der Waals surface area contributed by atoms with E-state index in [1.54, 1.807) is 0 Å². The Kier molecular flexibility index (Phi) is 5.54. The molecular formula is C28H40O2. The fourth-order valence-corrected chi connectivity index (χ4v) is 6.93. The van der Waals surface area contributed by atoms with Gasteiger partial charge in [-0.05, 0) is 88.9 Å². The van der Waals surface area contributed by atoms with Gasteiger partial charge in [-0.25, -0.2) is 0 Å². The third kappa shape index (κ3) is 3.30. The SMILES string of the molecule is CC(C)[C@@H](C)C=C[C@@H](C)[C@H]1CC(O)C2=C3C=CC4=CC(=O)CC[C@]4(C)[C@H]3CC[C@@]21C. The number of hydrogen-bond acceptors (Lipinski definition) is 2. The van der Waals surface area contributed by atoms with Crippen molar-refractivity contribution >= 4 is 5.78 Å². The number of allylic oxidation sites excluding steroid dienone is 7. The minimum absolute atomic E-state index is 0.0440. The number of aliphatic hydroxyl groups is 1.